The molecule has 0 unspecified atom stereocenters. The molecule has 0 saturated carbocycles. The Morgan fingerprint density at radius 1 is 0.800 bits per heavy atom. The van der Waals surface area contributed by atoms with Crippen LogP contribution in [0, 0.1) is 0 Å². The summed E-state index contributed by atoms with van der Waals surface area (Å²) in [5, 5.41) is 17.7. The molecular weight excluding hydrogens is 320 g/mol. The van der Waals surface area contributed by atoms with E-state index in [2.05, 4.69) is 4.90 Å². The minimum atomic E-state index is -0.833. The third-order valence-electron chi connectivity index (χ3n) is 3.95. The van der Waals surface area contributed by atoms with Crippen LogP contribution in [0.4, 0.5) is 0 Å². The van der Waals surface area contributed by atoms with E-state index in [4.69, 9.17) is 10.2 Å². The van der Waals surface area contributed by atoms with Crippen molar-refractivity contribution in [1.82, 2.24) is 9.80 Å². The van der Waals surface area contributed by atoms with Crippen LogP contribution < -0.4 is 0 Å². The summed E-state index contributed by atoms with van der Waals surface area (Å²) in [5.41, 5.74) is 1.83. The first-order valence-corrected chi connectivity index (χ1v) is 9.11. The first kappa shape index (κ1) is 25.3. The van der Waals surface area contributed by atoms with Gasteiger partial charge in [-0.2, -0.15) is 0 Å². The third kappa shape index (κ3) is 9.17. The van der Waals surface area contributed by atoms with Gasteiger partial charge in [-0.3, -0.25) is 0 Å². The van der Waals surface area contributed by atoms with Crippen LogP contribution in [0.2, 0.25) is 0 Å². The largest absolute Gasteiger partial charge is 0.478 e. The van der Waals surface area contributed by atoms with Crippen LogP contribution in [0.5, 0.6) is 0 Å². The van der Waals surface area contributed by atoms with Crippen LogP contribution in [0.1, 0.15) is 61.3 Å². The minimum absolute atomic E-state index is 0.419. The second-order valence-electron chi connectivity index (χ2n) is 5.38. The molecule has 0 atom stereocenters. The number of hydrogen-bond donors (Lipinski definition) is 2. The summed E-state index contributed by atoms with van der Waals surface area (Å²) >= 11 is 0. The molecule has 2 N–H and O–H groups in total. The molecule has 25 heavy (non-hydrogen) atoms. The van der Waals surface area contributed by atoms with Crippen LogP contribution >= 0.6 is 0 Å². The quantitative estimate of drug-likeness (QED) is 0.579. The van der Waals surface area contributed by atoms with Crippen LogP contribution in [0.25, 0.3) is 0 Å². The summed E-state index contributed by atoms with van der Waals surface area (Å²) in [5.74, 6) is -1.65. The molecule has 0 aliphatic carbocycles. The normalized spacial score (nSPS) is 11.9. The van der Waals surface area contributed by atoms with Gasteiger partial charge in [-0.15, -0.1) is 0 Å². The molecule has 0 spiro atoms. The van der Waals surface area contributed by atoms with Crippen molar-refractivity contribution in [3.05, 3.63) is 23.0 Å². The number of aliphatic carboxylic acids is 2. The van der Waals surface area contributed by atoms with E-state index in [1.807, 2.05) is 46.4 Å². The number of carboxylic acids is 2. The fraction of sp³-hybridized carbons (Fsp3) is 0.684. The summed E-state index contributed by atoms with van der Waals surface area (Å²) in [7, 11) is 0. The Morgan fingerprint density at radius 2 is 1.24 bits per heavy atom. The molecule has 0 bridgehead atoms. The Hall–Kier alpha value is -1.98. The molecule has 0 saturated heterocycles. The maximum Gasteiger partial charge on any atom is 0.351 e. The van der Waals surface area contributed by atoms with Gasteiger partial charge in [0.2, 0.25) is 0 Å². The smallest absolute Gasteiger partial charge is 0.351 e. The highest BCUT2D eigenvalue weighted by atomic mass is 16.4. The maximum atomic E-state index is 10.8. The highest BCUT2D eigenvalue weighted by Gasteiger charge is 2.12. The van der Waals surface area contributed by atoms with Gasteiger partial charge in [-0.1, -0.05) is 19.9 Å². The highest BCUT2D eigenvalue weighted by Crippen LogP contribution is 2.13. The van der Waals surface area contributed by atoms with Gasteiger partial charge in [-0.05, 0) is 47.5 Å². The fourth-order valence-corrected chi connectivity index (χ4v) is 2.56. The van der Waals surface area contributed by atoms with Crippen molar-refractivity contribution in [3.63, 3.8) is 0 Å². The molecular formula is C19H36N2O4. The van der Waals surface area contributed by atoms with E-state index in [-0.39, 0.29) is 0 Å². The van der Waals surface area contributed by atoms with E-state index in [9.17, 15) is 9.59 Å². The van der Waals surface area contributed by atoms with E-state index in [1.54, 1.807) is 13.0 Å². The van der Waals surface area contributed by atoms with Crippen LogP contribution in [-0.2, 0) is 9.59 Å². The molecule has 0 aliphatic rings. The van der Waals surface area contributed by atoms with Gasteiger partial charge >= 0.3 is 11.9 Å². The number of carboxylic acid groups (broad SMARTS) is 2. The van der Waals surface area contributed by atoms with Crippen molar-refractivity contribution >= 4 is 11.9 Å². The number of nitrogens with zero attached hydrogens (tertiary/aromatic N) is 2. The van der Waals surface area contributed by atoms with Crippen molar-refractivity contribution in [2.24, 2.45) is 0 Å². The molecule has 0 aromatic heterocycles. The highest BCUT2D eigenvalue weighted by molar-refractivity contribution is 5.86. The zero-order valence-electron chi connectivity index (χ0n) is 16.9. The number of rotatable bonds is 10. The molecule has 0 aromatic carbocycles. The molecule has 6 nitrogen and oxygen atoms in total. The zero-order chi connectivity index (χ0) is 20.0. The van der Waals surface area contributed by atoms with Gasteiger partial charge in [0, 0.05) is 31.9 Å². The lowest BCUT2D eigenvalue weighted by Gasteiger charge is -2.24. The summed E-state index contributed by atoms with van der Waals surface area (Å²) in [6, 6.07) is 0. The molecule has 0 aromatic rings. The van der Waals surface area contributed by atoms with Crippen molar-refractivity contribution in [2.45, 2.75) is 61.3 Å². The molecule has 146 valence electrons. The standard InChI is InChI=1S/C10H19NO2.C9H17NO2/c1-5-9(8(4)10(12)13)11(6-2)7-3;1-4-7-8(9(11)12)10(5-2)6-3/h5-7H2,1-4H3,(H,12,13);7H,4-6H2,1-3H3,(H,11,12)/b9-8+;8-7+. The van der Waals surface area contributed by atoms with Crippen molar-refractivity contribution < 1.29 is 19.8 Å². The predicted octanol–water partition coefficient (Wildman–Crippen LogP) is 3.80. The topological polar surface area (TPSA) is 81.1 Å². The molecule has 0 amide bonds. The Morgan fingerprint density at radius 3 is 1.48 bits per heavy atom. The molecule has 6 heteroatoms. The number of carbonyl (C=O) groups is 2. The molecule has 0 rings (SSSR count). The van der Waals surface area contributed by atoms with Gasteiger partial charge in [0.1, 0.15) is 5.70 Å². The Balaban J connectivity index is 0. The summed E-state index contributed by atoms with van der Waals surface area (Å²) in [4.78, 5) is 25.4. The van der Waals surface area contributed by atoms with E-state index < -0.39 is 11.9 Å². The summed E-state index contributed by atoms with van der Waals surface area (Å²) < 4.78 is 0. The second-order valence-corrected chi connectivity index (χ2v) is 5.38. The Labute approximate surface area is 152 Å². The van der Waals surface area contributed by atoms with E-state index in [1.165, 1.54) is 0 Å². The predicted molar refractivity (Wildman–Crippen MR) is 102 cm³/mol. The second kappa shape index (κ2) is 14.4. The zero-order valence-corrected chi connectivity index (χ0v) is 16.9. The van der Waals surface area contributed by atoms with E-state index >= 15 is 0 Å². The van der Waals surface area contributed by atoms with Crippen LogP contribution in [0.3, 0.4) is 0 Å². The van der Waals surface area contributed by atoms with Crippen LogP contribution in [0.15, 0.2) is 23.0 Å². The first-order valence-electron chi connectivity index (χ1n) is 9.11. The van der Waals surface area contributed by atoms with Gasteiger partial charge in [-0.25, -0.2) is 9.59 Å². The average molecular weight is 357 g/mol. The van der Waals surface area contributed by atoms with Gasteiger partial charge in [0.15, 0.2) is 0 Å². The monoisotopic (exact) mass is 356 g/mol. The van der Waals surface area contributed by atoms with Crippen LogP contribution in [-0.4, -0.2) is 58.1 Å². The maximum absolute atomic E-state index is 10.8. The SMILES string of the molecule is CC/C(=C(/C)C(=O)O)N(CC)CC.CC/C=C(\C(=O)O)N(CC)CC. The molecule has 0 aliphatic heterocycles. The number of hydrogen-bond acceptors (Lipinski definition) is 4. The Kier molecular flexibility index (Phi) is 14.5. The lowest BCUT2D eigenvalue weighted by atomic mass is 10.1. The van der Waals surface area contributed by atoms with Gasteiger partial charge < -0.3 is 20.0 Å². The lowest BCUT2D eigenvalue weighted by Crippen LogP contribution is -2.27. The lowest BCUT2D eigenvalue weighted by molar-refractivity contribution is -0.134. The summed E-state index contributed by atoms with van der Waals surface area (Å²) in [6.07, 6.45) is 3.28. The van der Waals surface area contributed by atoms with E-state index in [0.717, 1.165) is 44.7 Å². The molecule has 0 radical (unpaired) electrons. The average Bonchev–Trinajstić information content (AvgIpc) is 2.59. The third-order valence-corrected chi connectivity index (χ3v) is 3.95. The number of allylic oxidation sites excluding steroid dienone is 2. The number of likely N-dealkylation sites (N-methyl/N-ethyl adjacent to an activating group) is 1. The van der Waals surface area contributed by atoms with Gasteiger partial charge in [0.05, 0.1) is 5.57 Å². The molecule has 0 fully saturated rings. The van der Waals surface area contributed by atoms with Crippen molar-refractivity contribution in [3.8, 4) is 0 Å². The van der Waals surface area contributed by atoms with Gasteiger partial charge in [0.25, 0.3) is 0 Å². The first-order chi connectivity index (χ1) is 11.7. The fourth-order valence-electron chi connectivity index (χ4n) is 2.56. The Bertz CT molecular complexity index is 462. The van der Waals surface area contributed by atoms with Crippen molar-refractivity contribution in [1.29, 1.82) is 0 Å². The molecule has 0 heterocycles. The van der Waals surface area contributed by atoms with Crippen molar-refractivity contribution in [2.75, 3.05) is 26.2 Å². The van der Waals surface area contributed by atoms with E-state index in [0.29, 0.717) is 11.3 Å². The summed E-state index contributed by atoms with van der Waals surface area (Å²) in [6.45, 7) is 16.8. The minimum Gasteiger partial charge on any atom is -0.478 e.